The summed E-state index contributed by atoms with van der Waals surface area (Å²) < 4.78 is 32.0. The second-order valence-corrected chi connectivity index (χ2v) is 7.25. The molecule has 2 N–H and O–H groups in total. The van der Waals surface area contributed by atoms with E-state index in [1.807, 2.05) is 13.8 Å². The van der Waals surface area contributed by atoms with Crippen LogP contribution >= 0.6 is 0 Å². The Kier molecular flexibility index (Phi) is 6.64. The highest BCUT2D eigenvalue weighted by molar-refractivity contribution is 7.89. The highest BCUT2D eigenvalue weighted by Gasteiger charge is 2.23. The maximum atomic E-state index is 12.6. The fourth-order valence-electron chi connectivity index (χ4n) is 2.02. The lowest BCUT2D eigenvalue weighted by Crippen LogP contribution is -2.31. The van der Waals surface area contributed by atoms with Gasteiger partial charge in [-0.3, -0.25) is 0 Å². The van der Waals surface area contributed by atoms with E-state index in [1.165, 1.54) is 4.31 Å². The van der Waals surface area contributed by atoms with Gasteiger partial charge in [-0.2, -0.15) is 0 Å². The molecule has 0 saturated heterocycles. The molecule has 0 spiro atoms. The van der Waals surface area contributed by atoms with Crippen LogP contribution in [-0.2, 0) is 16.6 Å². The third-order valence-electron chi connectivity index (χ3n) is 3.53. The van der Waals surface area contributed by atoms with E-state index in [0.29, 0.717) is 30.4 Å². The maximum absolute atomic E-state index is 12.6. The molecule has 1 rings (SSSR count). The van der Waals surface area contributed by atoms with Gasteiger partial charge in [-0.25, -0.2) is 12.7 Å². The molecule has 0 heterocycles. The van der Waals surface area contributed by atoms with Gasteiger partial charge in [0.2, 0.25) is 10.0 Å². The predicted octanol–water partition coefficient (Wildman–Crippen LogP) is 2.21. The molecule has 1 unspecified atom stereocenters. The van der Waals surface area contributed by atoms with Crippen LogP contribution in [0.15, 0.2) is 23.1 Å². The minimum atomic E-state index is -3.49. The van der Waals surface area contributed by atoms with Crippen LogP contribution in [0.5, 0.6) is 5.75 Å². The average molecular weight is 314 g/mol. The van der Waals surface area contributed by atoms with E-state index >= 15 is 0 Å². The molecule has 0 bridgehead atoms. The molecule has 0 aromatic heterocycles. The van der Waals surface area contributed by atoms with Crippen molar-refractivity contribution in [3.05, 3.63) is 23.8 Å². The summed E-state index contributed by atoms with van der Waals surface area (Å²) in [7, 11) is -1.88. The van der Waals surface area contributed by atoms with Gasteiger partial charge >= 0.3 is 0 Å². The van der Waals surface area contributed by atoms with E-state index < -0.39 is 10.0 Å². The molecule has 21 heavy (non-hydrogen) atoms. The number of sulfonamides is 1. The van der Waals surface area contributed by atoms with Crippen LogP contribution in [0.25, 0.3) is 0 Å². The van der Waals surface area contributed by atoms with Gasteiger partial charge in [0, 0.05) is 25.7 Å². The number of hydrogen-bond acceptors (Lipinski definition) is 4. The fraction of sp³-hybridized carbons (Fsp3) is 0.600. The van der Waals surface area contributed by atoms with Crippen molar-refractivity contribution in [2.24, 2.45) is 11.7 Å². The fourth-order valence-corrected chi connectivity index (χ4v) is 3.36. The number of ether oxygens (including phenoxy) is 1. The van der Waals surface area contributed by atoms with E-state index in [9.17, 15) is 8.42 Å². The molecule has 0 aliphatic rings. The van der Waals surface area contributed by atoms with Crippen molar-refractivity contribution in [3.63, 3.8) is 0 Å². The quantitative estimate of drug-likeness (QED) is 0.798. The molecule has 0 fully saturated rings. The molecular formula is C15H26N2O3S. The van der Waals surface area contributed by atoms with Gasteiger partial charge in [-0.15, -0.1) is 0 Å². The third kappa shape index (κ3) is 4.43. The molecular weight excluding hydrogens is 288 g/mol. The zero-order chi connectivity index (χ0) is 16.0. The molecule has 0 aliphatic carbocycles. The Morgan fingerprint density at radius 3 is 2.52 bits per heavy atom. The molecule has 0 radical (unpaired) electrons. The minimum absolute atomic E-state index is 0.244. The summed E-state index contributed by atoms with van der Waals surface area (Å²) >= 11 is 0. The first-order valence-electron chi connectivity index (χ1n) is 7.28. The average Bonchev–Trinajstić information content (AvgIpc) is 2.47. The predicted molar refractivity (Wildman–Crippen MR) is 84.8 cm³/mol. The van der Waals surface area contributed by atoms with Gasteiger partial charge in [0.15, 0.2) is 0 Å². The SMILES string of the molecule is CCOc1ccc(S(=O)(=O)N(C)CC(C)CC)cc1CN. The van der Waals surface area contributed by atoms with Crippen LogP contribution in [0.1, 0.15) is 32.8 Å². The van der Waals surface area contributed by atoms with Crippen LogP contribution in [0.3, 0.4) is 0 Å². The lowest BCUT2D eigenvalue weighted by Gasteiger charge is -2.21. The lowest BCUT2D eigenvalue weighted by atomic mass is 10.1. The van der Waals surface area contributed by atoms with Gasteiger partial charge in [-0.1, -0.05) is 20.3 Å². The van der Waals surface area contributed by atoms with Gasteiger partial charge in [-0.05, 0) is 31.0 Å². The number of nitrogens with two attached hydrogens (primary N) is 1. The summed E-state index contributed by atoms with van der Waals surface area (Å²) in [6.45, 7) is 7.24. The largest absolute Gasteiger partial charge is 0.494 e. The van der Waals surface area contributed by atoms with Crippen molar-refractivity contribution in [1.82, 2.24) is 4.31 Å². The molecule has 6 heteroatoms. The third-order valence-corrected chi connectivity index (χ3v) is 5.34. The Balaban J connectivity index is 3.08. The van der Waals surface area contributed by atoms with E-state index in [2.05, 4.69) is 6.92 Å². The Hall–Kier alpha value is -1.11. The van der Waals surface area contributed by atoms with Crippen LogP contribution in [0, 0.1) is 5.92 Å². The number of benzene rings is 1. The smallest absolute Gasteiger partial charge is 0.242 e. The highest BCUT2D eigenvalue weighted by Crippen LogP contribution is 2.24. The summed E-state index contributed by atoms with van der Waals surface area (Å²) in [5.41, 5.74) is 6.39. The van der Waals surface area contributed by atoms with Gasteiger partial charge in [0.25, 0.3) is 0 Å². The number of hydrogen-bond donors (Lipinski definition) is 1. The van der Waals surface area contributed by atoms with E-state index in [4.69, 9.17) is 10.5 Å². The van der Waals surface area contributed by atoms with Gasteiger partial charge in [0.05, 0.1) is 11.5 Å². The summed E-state index contributed by atoms with van der Waals surface area (Å²) in [6, 6.07) is 4.86. The van der Waals surface area contributed by atoms with E-state index in [0.717, 1.165) is 6.42 Å². The second kappa shape index (κ2) is 7.77. The van der Waals surface area contributed by atoms with E-state index in [1.54, 1.807) is 25.2 Å². The van der Waals surface area contributed by atoms with Crippen molar-refractivity contribution >= 4 is 10.0 Å². The van der Waals surface area contributed by atoms with Crippen molar-refractivity contribution in [2.45, 2.75) is 38.6 Å². The molecule has 0 saturated carbocycles. The number of rotatable bonds is 8. The van der Waals surface area contributed by atoms with Crippen molar-refractivity contribution in [3.8, 4) is 5.75 Å². The highest BCUT2D eigenvalue weighted by atomic mass is 32.2. The van der Waals surface area contributed by atoms with Crippen molar-refractivity contribution < 1.29 is 13.2 Å². The maximum Gasteiger partial charge on any atom is 0.242 e. The summed E-state index contributed by atoms with van der Waals surface area (Å²) in [6.07, 6.45) is 0.942. The summed E-state index contributed by atoms with van der Waals surface area (Å²) in [4.78, 5) is 0.261. The normalized spacial score (nSPS) is 13.4. The standard InChI is InChI=1S/C15H26N2O3S/c1-5-12(3)11-17(4)21(18,19)14-7-8-15(20-6-2)13(9-14)10-16/h7-9,12H,5-6,10-11,16H2,1-4H3. The van der Waals surface area contributed by atoms with E-state index in [-0.39, 0.29) is 11.4 Å². The monoisotopic (exact) mass is 314 g/mol. The second-order valence-electron chi connectivity index (χ2n) is 5.21. The van der Waals surface area contributed by atoms with Crippen LogP contribution < -0.4 is 10.5 Å². The first-order valence-corrected chi connectivity index (χ1v) is 8.72. The van der Waals surface area contributed by atoms with Gasteiger partial charge in [0.1, 0.15) is 5.75 Å². The Morgan fingerprint density at radius 1 is 1.33 bits per heavy atom. The van der Waals surface area contributed by atoms with Crippen molar-refractivity contribution in [1.29, 1.82) is 0 Å². The van der Waals surface area contributed by atoms with Gasteiger partial charge < -0.3 is 10.5 Å². The topological polar surface area (TPSA) is 72.6 Å². The number of nitrogens with zero attached hydrogens (tertiary/aromatic N) is 1. The minimum Gasteiger partial charge on any atom is -0.494 e. The first-order chi connectivity index (χ1) is 9.86. The molecule has 1 atom stereocenters. The zero-order valence-electron chi connectivity index (χ0n) is 13.3. The molecule has 1 aromatic rings. The molecule has 120 valence electrons. The summed E-state index contributed by atoms with van der Waals surface area (Å²) in [5, 5.41) is 0. The van der Waals surface area contributed by atoms with Crippen LogP contribution in [0.4, 0.5) is 0 Å². The van der Waals surface area contributed by atoms with Crippen LogP contribution in [0.2, 0.25) is 0 Å². The molecule has 0 aliphatic heterocycles. The Bertz CT molecular complexity index is 558. The Morgan fingerprint density at radius 2 is 2.00 bits per heavy atom. The summed E-state index contributed by atoms with van der Waals surface area (Å²) in [5.74, 6) is 0.963. The Labute approximate surface area is 128 Å². The van der Waals surface area contributed by atoms with Crippen molar-refractivity contribution in [2.75, 3.05) is 20.2 Å². The molecule has 1 aromatic carbocycles. The van der Waals surface area contributed by atoms with Crippen LogP contribution in [-0.4, -0.2) is 32.9 Å². The molecule has 5 nitrogen and oxygen atoms in total. The zero-order valence-corrected chi connectivity index (χ0v) is 14.1. The molecule has 0 amide bonds. The first kappa shape index (κ1) is 17.9. The lowest BCUT2D eigenvalue weighted by molar-refractivity contribution is 0.336.